The third-order valence-electron chi connectivity index (χ3n) is 2.73. The van der Waals surface area contributed by atoms with Crippen molar-refractivity contribution in [2.75, 3.05) is 0 Å². The molecule has 0 radical (unpaired) electrons. The lowest BCUT2D eigenvalue weighted by Gasteiger charge is -2.19. The maximum Gasteiger partial charge on any atom is 0.140 e. The molecule has 1 aromatic rings. The van der Waals surface area contributed by atoms with Crippen LogP contribution in [0.3, 0.4) is 0 Å². The van der Waals surface area contributed by atoms with Gasteiger partial charge in [0.25, 0.3) is 0 Å². The number of nitrogens with zero attached hydrogens (tertiary/aromatic N) is 1. The zero-order chi connectivity index (χ0) is 12.3. The summed E-state index contributed by atoms with van der Waals surface area (Å²) in [6.07, 6.45) is 3.39. The number of aryl methyl sites for hydroxylation is 1. The molecule has 1 rings (SSSR count). The van der Waals surface area contributed by atoms with Gasteiger partial charge in [-0.3, -0.25) is 4.98 Å². The highest BCUT2D eigenvalue weighted by Gasteiger charge is 2.15. The van der Waals surface area contributed by atoms with Crippen LogP contribution in [-0.2, 0) is 13.0 Å². The van der Waals surface area contributed by atoms with Crippen molar-refractivity contribution in [3.05, 3.63) is 23.0 Å². The first-order valence-corrected chi connectivity index (χ1v) is 5.62. The predicted octanol–water partition coefficient (Wildman–Crippen LogP) is 2.57. The molecule has 2 N–H and O–H groups in total. The van der Waals surface area contributed by atoms with E-state index in [4.69, 9.17) is 0 Å². The molecule has 1 aromatic heterocycles. The quantitative estimate of drug-likeness (QED) is 0.828. The SMILES string of the molecule is Cc1ncc(CO)c(CCC(C)(C)C)c1O. The number of aliphatic hydroxyl groups is 1. The summed E-state index contributed by atoms with van der Waals surface area (Å²) < 4.78 is 0. The van der Waals surface area contributed by atoms with Crippen LogP contribution in [0.15, 0.2) is 6.20 Å². The van der Waals surface area contributed by atoms with E-state index in [-0.39, 0.29) is 17.8 Å². The van der Waals surface area contributed by atoms with Crippen LogP contribution in [0.1, 0.15) is 44.0 Å². The summed E-state index contributed by atoms with van der Waals surface area (Å²) in [5, 5.41) is 19.1. The van der Waals surface area contributed by atoms with E-state index in [1.807, 2.05) is 0 Å². The van der Waals surface area contributed by atoms with E-state index >= 15 is 0 Å². The summed E-state index contributed by atoms with van der Waals surface area (Å²) in [5.74, 6) is 0.232. The normalized spacial score (nSPS) is 11.8. The Bertz CT molecular complexity index is 367. The third kappa shape index (κ3) is 3.20. The summed E-state index contributed by atoms with van der Waals surface area (Å²) in [7, 11) is 0. The number of aromatic hydroxyl groups is 1. The Balaban J connectivity index is 2.97. The second-order valence-electron chi connectivity index (χ2n) is 5.41. The van der Waals surface area contributed by atoms with Crippen molar-refractivity contribution in [1.29, 1.82) is 0 Å². The fraction of sp³-hybridized carbons (Fsp3) is 0.615. The van der Waals surface area contributed by atoms with Gasteiger partial charge in [-0.2, -0.15) is 0 Å². The van der Waals surface area contributed by atoms with Crippen molar-refractivity contribution in [3.63, 3.8) is 0 Å². The Hall–Kier alpha value is -1.09. The topological polar surface area (TPSA) is 53.4 Å². The van der Waals surface area contributed by atoms with Crippen molar-refractivity contribution in [3.8, 4) is 5.75 Å². The highest BCUT2D eigenvalue weighted by atomic mass is 16.3. The molecule has 3 nitrogen and oxygen atoms in total. The largest absolute Gasteiger partial charge is 0.506 e. The highest BCUT2D eigenvalue weighted by Crippen LogP contribution is 2.29. The number of aliphatic hydroxyl groups excluding tert-OH is 1. The van der Waals surface area contributed by atoms with Gasteiger partial charge in [0.15, 0.2) is 0 Å². The van der Waals surface area contributed by atoms with Crippen molar-refractivity contribution in [2.45, 2.75) is 47.1 Å². The number of hydrogen-bond acceptors (Lipinski definition) is 3. The van der Waals surface area contributed by atoms with Crippen LogP contribution in [0.5, 0.6) is 5.75 Å². The van der Waals surface area contributed by atoms with Crippen molar-refractivity contribution in [1.82, 2.24) is 4.98 Å². The van der Waals surface area contributed by atoms with Gasteiger partial charge in [0, 0.05) is 17.3 Å². The first-order chi connectivity index (χ1) is 7.35. The molecule has 0 aliphatic heterocycles. The number of pyridine rings is 1. The average Bonchev–Trinajstić information content (AvgIpc) is 2.19. The maximum atomic E-state index is 9.93. The molecular weight excluding hydrogens is 202 g/mol. The van der Waals surface area contributed by atoms with E-state index in [0.717, 1.165) is 24.0 Å². The van der Waals surface area contributed by atoms with Gasteiger partial charge in [-0.25, -0.2) is 0 Å². The molecule has 0 bridgehead atoms. The van der Waals surface area contributed by atoms with Gasteiger partial charge in [0.2, 0.25) is 0 Å². The van der Waals surface area contributed by atoms with Gasteiger partial charge < -0.3 is 10.2 Å². The number of aromatic nitrogens is 1. The molecule has 1 heterocycles. The van der Waals surface area contributed by atoms with Gasteiger partial charge in [0.1, 0.15) is 5.75 Å². The molecule has 0 aliphatic carbocycles. The minimum Gasteiger partial charge on any atom is -0.506 e. The lowest BCUT2D eigenvalue weighted by molar-refractivity contribution is 0.277. The Kier molecular flexibility index (Phi) is 3.92. The average molecular weight is 223 g/mol. The van der Waals surface area contributed by atoms with Crippen LogP contribution in [0.25, 0.3) is 0 Å². The lowest BCUT2D eigenvalue weighted by Crippen LogP contribution is -2.08. The minimum atomic E-state index is -0.0691. The Labute approximate surface area is 97.2 Å². The number of rotatable bonds is 3. The van der Waals surface area contributed by atoms with Crippen LogP contribution in [0.4, 0.5) is 0 Å². The maximum absolute atomic E-state index is 9.93. The molecule has 0 amide bonds. The predicted molar refractivity (Wildman–Crippen MR) is 64.3 cm³/mol. The first kappa shape index (κ1) is 13.0. The molecule has 0 atom stereocenters. The lowest BCUT2D eigenvalue weighted by atomic mass is 9.87. The van der Waals surface area contributed by atoms with Crippen molar-refractivity contribution in [2.24, 2.45) is 5.41 Å². The van der Waals surface area contributed by atoms with Crippen LogP contribution < -0.4 is 0 Å². The van der Waals surface area contributed by atoms with Crippen LogP contribution in [-0.4, -0.2) is 15.2 Å². The summed E-state index contributed by atoms with van der Waals surface area (Å²) in [6.45, 7) is 8.20. The Morgan fingerprint density at radius 2 is 1.94 bits per heavy atom. The van der Waals surface area contributed by atoms with Crippen LogP contribution >= 0.6 is 0 Å². The molecule has 16 heavy (non-hydrogen) atoms. The summed E-state index contributed by atoms with van der Waals surface area (Å²) in [6, 6.07) is 0. The highest BCUT2D eigenvalue weighted by molar-refractivity contribution is 5.40. The molecule has 0 aliphatic rings. The van der Waals surface area contributed by atoms with E-state index in [1.54, 1.807) is 13.1 Å². The fourth-order valence-electron chi connectivity index (χ4n) is 1.60. The molecule has 3 heteroatoms. The summed E-state index contributed by atoms with van der Waals surface area (Å²) in [5.41, 5.74) is 2.41. The van der Waals surface area contributed by atoms with E-state index in [2.05, 4.69) is 25.8 Å². The van der Waals surface area contributed by atoms with Crippen molar-refractivity contribution < 1.29 is 10.2 Å². The summed E-state index contributed by atoms with van der Waals surface area (Å²) in [4.78, 5) is 4.04. The second kappa shape index (κ2) is 4.83. The molecule has 0 saturated carbocycles. The summed E-state index contributed by atoms with van der Waals surface area (Å²) >= 11 is 0. The van der Waals surface area contributed by atoms with Gasteiger partial charge in [-0.1, -0.05) is 20.8 Å². The second-order valence-corrected chi connectivity index (χ2v) is 5.41. The molecule has 0 fully saturated rings. The zero-order valence-electron chi connectivity index (χ0n) is 10.5. The molecule has 90 valence electrons. The first-order valence-electron chi connectivity index (χ1n) is 5.62. The molecule has 0 aromatic carbocycles. The Morgan fingerprint density at radius 3 is 2.44 bits per heavy atom. The minimum absolute atomic E-state index is 0.0691. The monoisotopic (exact) mass is 223 g/mol. The van der Waals surface area contributed by atoms with E-state index in [9.17, 15) is 10.2 Å². The number of hydrogen-bond donors (Lipinski definition) is 2. The Morgan fingerprint density at radius 1 is 1.31 bits per heavy atom. The van der Waals surface area contributed by atoms with Crippen molar-refractivity contribution >= 4 is 0 Å². The van der Waals surface area contributed by atoms with Gasteiger partial charge in [0.05, 0.1) is 12.3 Å². The van der Waals surface area contributed by atoms with E-state index < -0.39 is 0 Å². The van der Waals surface area contributed by atoms with Gasteiger partial charge in [-0.15, -0.1) is 0 Å². The van der Waals surface area contributed by atoms with E-state index in [1.165, 1.54) is 0 Å². The van der Waals surface area contributed by atoms with Crippen LogP contribution in [0.2, 0.25) is 0 Å². The fourth-order valence-corrected chi connectivity index (χ4v) is 1.60. The third-order valence-corrected chi connectivity index (χ3v) is 2.73. The molecule has 0 saturated heterocycles. The van der Waals surface area contributed by atoms with E-state index in [0.29, 0.717) is 5.69 Å². The van der Waals surface area contributed by atoms with Gasteiger partial charge >= 0.3 is 0 Å². The zero-order valence-corrected chi connectivity index (χ0v) is 10.5. The smallest absolute Gasteiger partial charge is 0.140 e. The van der Waals surface area contributed by atoms with Crippen LogP contribution in [0, 0.1) is 12.3 Å². The molecule has 0 spiro atoms. The standard InChI is InChI=1S/C13H21NO2/c1-9-12(16)11(5-6-13(2,3)4)10(8-15)7-14-9/h7,15-16H,5-6,8H2,1-4H3. The van der Waals surface area contributed by atoms with Gasteiger partial charge in [-0.05, 0) is 25.2 Å². The molecule has 0 unspecified atom stereocenters. The molecular formula is C13H21NO2.